The average Bonchev–Trinajstić information content (AvgIpc) is 2.47. The number of hydrogen-bond donors (Lipinski definition) is 0. The van der Waals surface area contributed by atoms with Gasteiger partial charge in [-0.25, -0.2) is 0 Å². The third-order valence-electron chi connectivity index (χ3n) is 3.23. The fourth-order valence-electron chi connectivity index (χ4n) is 2.05. The van der Waals surface area contributed by atoms with Gasteiger partial charge in [0.25, 0.3) is 7.37 Å². The van der Waals surface area contributed by atoms with Crippen molar-refractivity contribution in [3.05, 3.63) is 60.2 Å². The predicted octanol–water partition coefficient (Wildman–Crippen LogP) is 3.30. The topological polar surface area (TPSA) is 26.3 Å². The van der Waals surface area contributed by atoms with Crippen LogP contribution in [0.5, 0.6) is 0 Å². The maximum Gasteiger partial charge on any atom is 0.261 e. The highest BCUT2D eigenvalue weighted by molar-refractivity contribution is 7.74. The molecular formula is C16H19BO2P. The Bertz CT molecular complexity index is 596. The molecule has 0 saturated carbocycles. The average molecular weight is 285 g/mol. The van der Waals surface area contributed by atoms with E-state index in [0.717, 1.165) is 10.6 Å². The zero-order valence-corrected chi connectivity index (χ0v) is 13.0. The van der Waals surface area contributed by atoms with E-state index in [-0.39, 0.29) is 8.41 Å². The van der Waals surface area contributed by atoms with Gasteiger partial charge in [-0.3, -0.25) is 4.57 Å². The van der Waals surface area contributed by atoms with Gasteiger partial charge in [-0.05, 0) is 35.7 Å². The molecule has 0 aliphatic rings. The van der Waals surface area contributed by atoms with E-state index in [4.69, 9.17) is 4.52 Å². The van der Waals surface area contributed by atoms with Crippen LogP contribution in [0.2, 0.25) is 0 Å². The maximum atomic E-state index is 13.1. The van der Waals surface area contributed by atoms with Gasteiger partial charge in [-0.15, -0.1) is 0 Å². The van der Waals surface area contributed by atoms with E-state index in [0.29, 0.717) is 5.92 Å². The van der Waals surface area contributed by atoms with Crippen molar-refractivity contribution in [3.63, 3.8) is 0 Å². The summed E-state index contributed by atoms with van der Waals surface area (Å²) in [5.41, 5.74) is 1.17. The zero-order chi connectivity index (χ0) is 13.9. The summed E-state index contributed by atoms with van der Waals surface area (Å²) in [5.74, 6) is 0.404. The molecule has 1 atom stereocenters. The molecule has 0 heterocycles. The van der Waals surface area contributed by atoms with Crippen molar-refractivity contribution in [2.45, 2.75) is 19.8 Å². The van der Waals surface area contributed by atoms with Crippen LogP contribution in [0.15, 0.2) is 54.6 Å². The number of benzene rings is 2. The van der Waals surface area contributed by atoms with Gasteiger partial charge in [0.05, 0.1) is 0 Å². The van der Waals surface area contributed by atoms with Gasteiger partial charge >= 0.3 is 0 Å². The van der Waals surface area contributed by atoms with E-state index in [1.807, 2.05) is 48.5 Å². The summed E-state index contributed by atoms with van der Waals surface area (Å²) in [6, 6.07) is 17.2. The van der Waals surface area contributed by atoms with Crippen molar-refractivity contribution in [1.82, 2.24) is 0 Å². The molecule has 0 spiro atoms. The summed E-state index contributed by atoms with van der Waals surface area (Å²) in [4.78, 5) is 0. The highest BCUT2D eigenvalue weighted by Crippen LogP contribution is 2.43. The Morgan fingerprint density at radius 1 is 0.950 bits per heavy atom. The quantitative estimate of drug-likeness (QED) is 0.636. The molecule has 4 heteroatoms. The lowest BCUT2D eigenvalue weighted by molar-refractivity contribution is 0.412. The first-order valence-electron chi connectivity index (χ1n) is 6.40. The fourth-order valence-corrected chi connectivity index (χ4v) is 3.94. The lowest BCUT2D eigenvalue weighted by atomic mass is 10.0. The smallest absolute Gasteiger partial charge is 0.261 e. The van der Waals surface area contributed by atoms with E-state index in [2.05, 4.69) is 19.9 Å². The molecule has 3 radical (unpaired) electrons. The Morgan fingerprint density at radius 3 is 2.10 bits per heavy atom. The lowest BCUT2D eigenvalue weighted by Crippen LogP contribution is -2.17. The molecule has 0 bridgehead atoms. The van der Waals surface area contributed by atoms with E-state index in [9.17, 15) is 4.57 Å². The van der Waals surface area contributed by atoms with Gasteiger partial charge in [0, 0.05) is 26.1 Å². The van der Waals surface area contributed by atoms with Crippen LogP contribution in [0.25, 0.3) is 0 Å². The molecule has 0 aliphatic carbocycles. The van der Waals surface area contributed by atoms with Crippen LogP contribution in [0.1, 0.15) is 25.3 Å². The highest BCUT2D eigenvalue weighted by atomic mass is 31.2. The summed E-state index contributed by atoms with van der Waals surface area (Å²) in [6.45, 7) is 4.25. The van der Waals surface area contributed by atoms with Crippen molar-refractivity contribution in [2.24, 2.45) is 0 Å². The first-order chi connectivity index (χ1) is 9.08. The van der Waals surface area contributed by atoms with E-state index < -0.39 is 7.37 Å². The molecule has 0 fully saturated rings. The van der Waals surface area contributed by atoms with E-state index in [1.165, 1.54) is 12.7 Å². The fraction of sp³-hybridized carbons (Fsp3) is 0.250. The van der Waals surface area contributed by atoms with Gasteiger partial charge in [-0.1, -0.05) is 44.2 Å². The Balaban J connectivity index is 0.00000200. The second kappa shape index (κ2) is 6.92. The van der Waals surface area contributed by atoms with Crippen molar-refractivity contribution in [3.8, 4) is 0 Å². The predicted molar refractivity (Wildman–Crippen MR) is 86.6 cm³/mol. The molecule has 0 aliphatic heterocycles. The van der Waals surface area contributed by atoms with Gasteiger partial charge in [-0.2, -0.15) is 0 Å². The lowest BCUT2D eigenvalue weighted by Gasteiger charge is -2.18. The minimum Gasteiger partial charge on any atom is -0.325 e. The zero-order valence-electron chi connectivity index (χ0n) is 12.1. The number of hydrogen-bond acceptors (Lipinski definition) is 2. The second-order valence-electron chi connectivity index (χ2n) is 4.82. The number of rotatable bonds is 4. The molecule has 0 aromatic heterocycles. The first kappa shape index (κ1) is 16.7. The van der Waals surface area contributed by atoms with Crippen LogP contribution in [0.3, 0.4) is 0 Å². The van der Waals surface area contributed by atoms with Crippen LogP contribution < -0.4 is 10.6 Å². The van der Waals surface area contributed by atoms with Gasteiger partial charge in [0.1, 0.15) is 0 Å². The first-order valence-corrected chi connectivity index (χ1v) is 8.02. The molecule has 20 heavy (non-hydrogen) atoms. The molecule has 1 unspecified atom stereocenters. The Hall–Kier alpha value is -1.31. The Morgan fingerprint density at radius 2 is 1.55 bits per heavy atom. The summed E-state index contributed by atoms with van der Waals surface area (Å²) < 4.78 is 18.5. The normalized spacial score (nSPS) is 13.6. The van der Waals surface area contributed by atoms with Gasteiger partial charge in [0.2, 0.25) is 0 Å². The molecule has 0 N–H and O–H groups in total. The third kappa shape index (κ3) is 3.23. The summed E-state index contributed by atoms with van der Waals surface area (Å²) in [6.07, 6.45) is 0. The van der Waals surface area contributed by atoms with E-state index in [1.54, 1.807) is 0 Å². The molecule has 0 amide bonds. The largest absolute Gasteiger partial charge is 0.325 e. The van der Waals surface area contributed by atoms with Gasteiger partial charge in [0.15, 0.2) is 0 Å². The second-order valence-corrected chi connectivity index (χ2v) is 7.32. The molecular weight excluding hydrogens is 266 g/mol. The summed E-state index contributed by atoms with van der Waals surface area (Å²) in [7, 11) is -1.46. The summed E-state index contributed by atoms with van der Waals surface area (Å²) >= 11 is 0. The molecule has 2 aromatic carbocycles. The minimum absolute atomic E-state index is 0. The molecule has 2 rings (SSSR count). The minimum atomic E-state index is -2.97. The Kier molecular flexibility index (Phi) is 5.80. The molecule has 2 aromatic rings. The van der Waals surface area contributed by atoms with E-state index >= 15 is 0 Å². The van der Waals surface area contributed by atoms with Crippen molar-refractivity contribution in [2.75, 3.05) is 7.11 Å². The van der Waals surface area contributed by atoms with Crippen LogP contribution in [0, 0.1) is 0 Å². The molecule has 0 saturated heterocycles. The van der Waals surface area contributed by atoms with Crippen molar-refractivity contribution in [1.29, 1.82) is 0 Å². The summed E-state index contributed by atoms with van der Waals surface area (Å²) in [5, 5.41) is 1.49. The van der Waals surface area contributed by atoms with Crippen LogP contribution in [-0.4, -0.2) is 15.5 Å². The molecule has 103 valence electrons. The van der Waals surface area contributed by atoms with Crippen LogP contribution in [0.4, 0.5) is 0 Å². The molecule has 2 nitrogen and oxygen atoms in total. The van der Waals surface area contributed by atoms with Crippen LogP contribution >= 0.6 is 7.37 Å². The Labute approximate surface area is 123 Å². The SMILES string of the molecule is COP(=O)(c1ccccc1)c1cccc(C(C)C)c1.[B]. The monoisotopic (exact) mass is 285 g/mol. The third-order valence-corrected chi connectivity index (χ3v) is 5.68. The van der Waals surface area contributed by atoms with Gasteiger partial charge < -0.3 is 4.52 Å². The van der Waals surface area contributed by atoms with Crippen molar-refractivity contribution < 1.29 is 9.09 Å². The van der Waals surface area contributed by atoms with Crippen molar-refractivity contribution >= 4 is 26.4 Å². The highest BCUT2D eigenvalue weighted by Gasteiger charge is 2.27. The maximum absolute atomic E-state index is 13.1. The van der Waals surface area contributed by atoms with Crippen LogP contribution in [-0.2, 0) is 9.09 Å². The standard InChI is InChI=1S/C16H19O2P.B/c1-13(2)14-8-7-11-16(12-14)19(17,18-3)15-9-5-4-6-10-15;/h4-13H,1-3H3;.